The highest BCUT2D eigenvalue weighted by Gasteiger charge is 2.51. The fraction of sp³-hybridized carbons (Fsp3) is 0.690. The fourth-order valence-electron chi connectivity index (χ4n) is 7.06. The molecule has 3 aliphatic rings. The highest BCUT2D eigenvalue weighted by Crippen LogP contribution is 2.61. The summed E-state index contributed by atoms with van der Waals surface area (Å²) in [7, 11) is 0. The molecule has 1 aromatic carbocycles. The number of allylic oxidation sites excluding steroid dienone is 1. The minimum atomic E-state index is -0.211. The van der Waals surface area contributed by atoms with Gasteiger partial charge >= 0.3 is 5.97 Å². The summed E-state index contributed by atoms with van der Waals surface area (Å²) >= 11 is 0. The normalized spacial score (nSPS) is 28.9. The van der Waals surface area contributed by atoms with Gasteiger partial charge in [0.1, 0.15) is 5.76 Å². The van der Waals surface area contributed by atoms with E-state index in [0.29, 0.717) is 5.41 Å². The van der Waals surface area contributed by atoms with E-state index in [0.717, 1.165) is 48.2 Å². The molecule has 4 rings (SSSR count). The number of hydrogen-bond donors (Lipinski definition) is 0. The molecule has 0 unspecified atom stereocenters. The molecule has 3 aliphatic carbocycles. The Morgan fingerprint density at radius 2 is 1.84 bits per heavy atom. The molecule has 0 aromatic heterocycles. The van der Waals surface area contributed by atoms with Gasteiger partial charge in [0, 0.05) is 13.3 Å². The van der Waals surface area contributed by atoms with E-state index >= 15 is 0 Å². The van der Waals surface area contributed by atoms with Crippen LogP contribution >= 0.6 is 0 Å². The standard InChI is InChI=1S/C29H42O2/c1-18(2)19(3)7-8-20(4)27-13-14-28-26-11-9-22-17-23(31-21(5)30)10-12-24(22)25(26)15-16-29(27,28)6/h9,11,17-20,27-28H,7-8,10,12-16H2,1-6H3/t19-,20+,27+,28+,29+/m0/s1. The Balaban J connectivity index is 1.54. The molecule has 0 aliphatic heterocycles. The van der Waals surface area contributed by atoms with E-state index in [-0.39, 0.29) is 5.97 Å². The highest BCUT2D eigenvalue weighted by atomic mass is 16.5. The maximum atomic E-state index is 11.4. The minimum Gasteiger partial charge on any atom is -0.431 e. The third-order valence-electron chi connectivity index (χ3n) is 9.32. The van der Waals surface area contributed by atoms with Gasteiger partial charge in [-0.15, -0.1) is 0 Å². The quantitative estimate of drug-likeness (QED) is 0.439. The number of carbonyl (C=O) groups excluding carboxylic acids is 1. The van der Waals surface area contributed by atoms with Crippen LogP contribution in [0.25, 0.3) is 6.08 Å². The molecule has 0 radical (unpaired) electrons. The summed E-state index contributed by atoms with van der Waals surface area (Å²) in [5.74, 6) is 4.64. The zero-order valence-corrected chi connectivity index (χ0v) is 20.6. The van der Waals surface area contributed by atoms with Gasteiger partial charge in [-0.25, -0.2) is 0 Å². The molecular formula is C29H42O2. The van der Waals surface area contributed by atoms with Crippen molar-refractivity contribution < 1.29 is 9.53 Å². The van der Waals surface area contributed by atoms with Crippen molar-refractivity contribution in [2.45, 2.75) is 98.8 Å². The molecule has 0 N–H and O–H groups in total. The molecule has 1 aromatic rings. The molecule has 0 amide bonds. The lowest BCUT2D eigenvalue weighted by Gasteiger charge is -2.45. The molecule has 2 heteroatoms. The number of hydrogen-bond acceptors (Lipinski definition) is 2. The van der Waals surface area contributed by atoms with Gasteiger partial charge in [0.15, 0.2) is 0 Å². The third kappa shape index (κ3) is 4.24. The van der Waals surface area contributed by atoms with Gasteiger partial charge in [-0.1, -0.05) is 59.6 Å². The van der Waals surface area contributed by atoms with E-state index in [1.54, 1.807) is 11.1 Å². The van der Waals surface area contributed by atoms with Crippen molar-refractivity contribution in [1.82, 2.24) is 0 Å². The fourth-order valence-corrected chi connectivity index (χ4v) is 7.06. The number of rotatable bonds is 6. The Bertz CT molecular complexity index is 864. The molecule has 0 heterocycles. The monoisotopic (exact) mass is 422 g/mol. The van der Waals surface area contributed by atoms with Gasteiger partial charge in [-0.2, -0.15) is 0 Å². The van der Waals surface area contributed by atoms with Gasteiger partial charge < -0.3 is 4.74 Å². The zero-order valence-electron chi connectivity index (χ0n) is 20.6. The van der Waals surface area contributed by atoms with E-state index < -0.39 is 0 Å². The van der Waals surface area contributed by atoms with E-state index in [1.165, 1.54) is 56.6 Å². The van der Waals surface area contributed by atoms with E-state index in [4.69, 9.17) is 4.74 Å². The van der Waals surface area contributed by atoms with Gasteiger partial charge in [-0.3, -0.25) is 4.79 Å². The zero-order chi connectivity index (χ0) is 22.3. The van der Waals surface area contributed by atoms with Crippen molar-refractivity contribution in [3.8, 4) is 0 Å². The predicted molar refractivity (Wildman–Crippen MR) is 129 cm³/mol. The van der Waals surface area contributed by atoms with E-state index in [9.17, 15) is 4.79 Å². The Morgan fingerprint density at radius 3 is 2.55 bits per heavy atom. The molecule has 5 atom stereocenters. The lowest BCUT2D eigenvalue weighted by molar-refractivity contribution is -0.137. The molecule has 31 heavy (non-hydrogen) atoms. The maximum Gasteiger partial charge on any atom is 0.307 e. The van der Waals surface area contributed by atoms with Crippen LogP contribution in [-0.4, -0.2) is 5.97 Å². The van der Waals surface area contributed by atoms with Crippen LogP contribution < -0.4 is 0 Å². The van der Waals surface area contributed by atoms with Crippen LogP contribution in [0.1, 0.15) is 108 Å². The molecule has 0 saturated heterocycles. The van der Waals surface area contributed by atoms with Crippen LogP contribution in [0.2, 0.25) is 0 Å². The van der Waals surface area contributed by atoms with Crippen LogP contribution in [-0.2, 0) is 22.4 Å². The van der Waals surface area contributed by atoms with Gasteiger partial charge in [0.25, 0.3) is 0 Å². The van der Waals surface area contributed by atoms with Crippen molar-refractivity contribution in [3.05, 3.63) is 40.1 Å². The van der Waals surface area contributed by atoms with Crippen molar-refractivity contribution in [1.29, 1.82) is 0 Å². The van der Waals surface area contributed by atoms with Crippen LogP contribution in [0.3, 0.4) is 0 Å². The largest absolute Gasteiger partial charge is 0.431 e. The first-order valence-corrected chi connectivity index (χ1v) is 12.7. The maximum absolute atomic E-state index is 11.4. The van der Waals surface area contributed by atoms with Gasteiger partial charge in [0.2, 0.25) is 0 Å². The second-order valence-corrected chi connectivity index (χ2v) is 11.4. The first-order valence-electron chi connectivity index (χ1n) is 12.7. The van der Waals surface area contributed by atoms with Crippen LogP contribution in [0.5, 0.6) is 0 Å². The number of fused-ring (bicyclic) bond motifs is 5. The number of carbonyl (C=O) groups is 1. The second kappa shape index (κ2) is 8.75. The van der Waals surface area contributed by atoms with Crippen molar-refractivity contribution in [3.63, 3.8) is 0 Å². The van der Waals surface area contributed by atoms with Gasteiger partial charge in [-0.05, 0) is 95.4 Å². The van der Waals surface area contributed by atoms with Crippen LogP contribution in [0.15, 0.2) is 17.9 Å². The lowest BCUT2D eigenvalue weighted by atomic mass is 9.60. The van der Waals surface area contributed by atoms with Crippen molar-refractivity contribution in [2.75, 3.05) is 0 Å². The van der Waals surface area contributed by atoms with Gasteiger partial charge in [0.05, 0.1) is 0 Å². The average molecular weight is 423 g/mol. The topological polar surface area (TPSA) is 26.3 Å². The molecular weight excluding hydrogens is 380 g/mol. The van der Waals surface area contributed by atoms with E-state index in [1.807, 2.05) is 0 Å². The number of ether oxygens (including phenoxy) is 1. The summed E-state index contributed by atoms with van der Waals surface area (Å²) in [4.78, 5) is 11.4. The van der Waals surface area contributed by atoms with E-state index in [2.05, 4.69) is 52.8 Å². The number of esters is 1. The first-order chi connectivity index (χ1) is 14.7. The highest BCUT2D eigenvalue weighted by molar-refractivity contribution is 5.70. The minimum absolute atomic E-state index is 0.211. The lowest BCUT2D eigenvalue weighted by Crippen LogP contribution is -2.35. The van der Waals surface area contributed by atoms with Crippen LogP contribution in [0.4, 0.5) is 0 Å². The summed E-state index contributed by atoms with van der Waals surface area (Å²) in [6.07, 6.45) is 12.0. The molecule has 0 bridgehead atoms. The Labute approximate surface area is 189 Å². The summed E-state index contributed by atoms with van der Waals surface area (Å²) in [6.45, 7) is 13.8. The molecule has 1 saturated carbocycles. The van der Waals surface area contributed by atoms with Crippen molar-refractivity contribution in [2.24, 2.45) is 29.1 Å². The first kappa shape index (κ1) is 22.6. The second-order valence-electron chi connectivity index (χ2n) is 11.4. The Kier molecular flexibility index (Phi) is 6.39. The molecule has 2 nitrogen and oxygen atoms in total. The Morgan fingerprint density at radius 1 is 1.06 bits per heavy atom. The average Bonchev–Trinajstić information content (AvgIpc) is 3.08. The van der Waals surface area contributed by atoms with Crippen LogP contribution in [0, 0.1) is 29.1 Å². The molecule has 1 fully saturated rings. The smallest absolute Gasteiger partial charge is 0.307 e. The summed E-state index contributed by atoms with van der Waals surface area (Å²) in [5, 5.41) is 0. The molecule has 170 valence electrons. The summed E-state index contributed by atoms with van der Waals surface area (Å²) in [5.41, 5.74) is 6.52. The predicted octanol–water partition coefficient (Wildman–Crippen LogP) is 7.69. The SMILES string of the molecule is CC(=O)OC1=Cc2ccc3c(c2CC1)CC[C@@]1(C)[C@@H]3CC[C@@H]1[C@H](C)CC[C@H](C)C(C)C. The third-order valence-corrected chi connectivity index (χ3v) is 9.32. The Hall–Kier alpha value is -1.57. The number of benzene rings is 1. The molecule has 0 spiro atoms. The van der Waals surface area contributed by atoms with Crippen molar-refractivity contribution >= 4 is 12.0 Å². The summed E-state index contributed by atoms with van der Waals surface area (Å²) in [6, 6.07) is 4.71. The summed E-state index contributed by atoms with van der Waals surface area (Å²) < 4.78 is 5.39.